The summed E-state index contributed by atoms with van der Waals surface area (Å²) in [6.07, 6.45) is 0.993. The number of nitrogens with zero attached hydrogens (tertiary/aromatic N) is 1. The van der Waals surface area contributed by atoms with Crippen LogP contribution in [0.3, 0.4) is 0 Å². The zero-order chi connectivity index (χ0) is 18.2. The normalized spacial score (nSPS) is 19.6. The van der Waals surface area contributed by atoms with Crippen molar-refractivity contribution in [1.29, 1.82) is 0 Å². The predicted molar refractivity (Wildman–Crippen MR) is 91.5 cm³/mol. The number of carbonyl (C=O) groups is 3. The van der Waals surface area contributed by atoms with E-state index in [0.717, 1.165) is 22.2 Å². The number of benzene rings is 1. The van der Waals surface area contributed by atoms with Crippen molar-refractivity contribution in [2.75, 3.05) is 13.7 Å². The van der Waals surface area contributed by atoms with Crippen LogP contribution in [0.15, 0.2) is 24.3 Å². The molecule has 2 aromatic rings. The molecule has 25 heavy (non-hydrogen) atoms. The van der Waals surface area contributed by atoms with Crippen LogP contribution >= 0.6 is 0 Å². The van der Waals surface area contributed by atoms with Crippen molar-refractivity contribution in [3.05, 3.63) is 35.5 Å². The number of hydrogen-bond acceptors (Lipinski definition) is 5. The fourth-order valence-electron chi connectivity index (χ4n) is 3.61. The van der Waals surface area contributed by atoms with E-state index in [4.69, 9.17) is 9.47 Å². The Morgan fingerprint density at radius 3 is 2.68 bits per heavy atom. The first-order valence-corrected chi connectivity index (χ1v) is 8.23. The average molecular weight is 343 g/mol. The van der Waals surface area contributed by atoms with E-state index in [1.54, 1.807) is 4.57 Å². The lowest BCUT2D eigenvalue weighted by molar-refractivity contribution is -0.143. The van der Waals surface area contributed by atoms with Crippen molar-refractivity contribution in [2.24, 2.45) is 0 Å². The zero-order valence-electron chi connectivity index (χ0n) is 14.6. The summed E-state index contributed by atoms with van der Waals surface area (Å²) in [4.78, 5) is 35.9. The summed E-state index contributed by atoms with van der Waals surface area (Å²) in [5.74, 6) is -0.745. The number of ether oxygens (including phenoxy) is 2. The number of fused-ring (bicyclic) bond motifs is 3. The molecule has 1 aromatic heterocycles. The second-order valence-corrected chi connectivity index (χ2v) is 6.67. The molecule has 6 heteroatoms. The molecule has 1 aliphatic heterocycles. The van der Waals surface area contributed by atoms with Gasteiger partial charge in [-0.1, -0.05) is 25.1 Å². The Morgan fingerprint density at radius 1 is 1.28 bits per heavy atom. The van der Waals surface area contributed by atoms with Crippen molar-refractivity contribution in [3.63, 3.8) is 0 Å². The largest absolute Gasteiger partial charge is 0.469 e. The first-order valence-electron chi connectivity index (χ1n) is 8.23. The summed E-state index contributed by atoms with van der Waals surface area (Å²) in [6.45, 7) is 3.50. The Bertz CT molecular complexity index is 866. The molecule has 132 valence electrons. The molecule has 1 atom stereocenters. The molecular formula is C19H21NO5. The number of hydrogen-bond donors (Lipinski definition) is 0. The quantitative estimate of drug-likeness (QED) is 0.798. The third-order valence-electron chi connectivity index (χ3n) is 4.83. The van der Waals surface area contributed by atoms with Crippen LogP contribution < -0.4 is 0 Å². The van der Waals surface area contributed by atoms with Gasteiger partial charge in [-0.3, -0.25) is 19.0 Å². The minimum atomic E-state index is -0.540. The third-order valence-corrected chi connectivity index (χ3v) is 4.83. The van der Waals surface area contributed by atoms with E-state index < -0.39 is 5.41 Å². The van der Waals surface area contributed by atoms with Gasteiger partial charge in [0.05, 0.1) is 19.0 Å². The molecule has 0 saturated heterocycles. The molecule has 1 unspecified atom stereocenters. The van der Waals surface area contributed by atoms with Crippen molar-refractivity contribution in [2.45, 2.75) is 38.5 Å². The number of carbonyl (C=O) groups excluding carboxylic acids is 3. The summed E-state index contributed by atoms with van der Waals surface area (Å²) < 4.78 is 11.8. The summed E-state index contributed by atoms with van der Waals surface area (Å²) in [6, 6.07) is 7.51. The average Bonchev–Trinajstić information content (AvgIpc) is 2.93. The van der Waals surface area contributed by atoms with Crippen LogP contribution in [0.1, 0.15) is 42.7 Å². The lowest BCUT2D eigenvalue weighted by Crippen LogP contribution is -2.39. The predicted octanol–water partition coefficient (Wildman–Crippen LogP) is 2.61. The lowest BCUT2D eigenvalue weighted by atomic mass is 9.78. The van der Waals surface area contributed by atoms with Crippen LogP contribution in [0, 0.1) is 0 Å². The van der Waals surface area contributed by atoms with E-state index in [0.29, 0.717) is 12.8 Å². The van der Waals surface area contributed by atoms with Crippen LogP contribution in [-0.2, 0) is 30.9 Å². The maximum absolute atomic E-state index is 12.6. The molecule has 0 spiro atoms. The van der Waals surface area contributed by atoms with Gasteiger partial charge in [0.15, 0.2) is 0 Å². The standard InChI is InChI=1S/C19H21NO5/c1-12(21)25-11-19(2)9-8-16(22)20-15-7-5-4-6-13(15)14(18(19)20)10-17(23)24-3/h4-7H,8-11H2,1-3H3. The topological polar surface area (TPSA) is 74.6 Å². The molecule has 0 N–H and O–H groups in total. The van der Waals surface area contributed by atoms with Gasteiger partial charge in [0.1, 0.15) is 6.61 Å². The van der Waals surface area contributed by atoms with E-state index in [1.165, 1.54) is 14.0 Å². The minimum absolute atomic E-state index is 0.0115. The Balaban J connectivity index is 2.24. The highest BCUT2D eigenvalue weighted by Gasteiger charge is 2.41. The molecule has 0 radical (unpaired) electrons. The third kappa shape index (κ3) is 2.92. The van der Waals surface area contributed by atoms with Crippen molar-refractivity contribution < 1.29 is 23.9 Å². The summed E-state index contributed by atoms with van der Waals surface area (Å²) >= 11 is 0. The highest BCUT2D eigenvalue weighted by Crippen LogP contribution is 2.41. The van der Waals surface area contributed by atoms with Crippen LogP contribution in [0.25, 0.3) is 10.9 Å². The van der Waals surface area contributed by atoms with Crippen molar-refractivity contribution in [1.82, 2.24) is 4.57 Å². The molecule has 1 aromatic carbocycles. The SMILES string of the molecule is COC(=O)Cc1c2n(c3ccccc13)C(=O)CCC2(C)COC(C)=O. The zero-order valence-corrected chi connectivity index (χ0v) is 14.6. The fourth-order valence-corrected chi connectivity index (χ4v) is 3.61. The molecular weight excluding hydrogens is 322 g/mol. The van der Waals surface area contributed by atoms with Gasteiger partial charge < -0.3 is 9.47 Å². The van der Waals surface area contributed by atoms with E-state index in [2.05, 4.69) is 0 Å². The molecule has 0 fully saturated rings. The maximum Gasteiger partial charge on any atom is 0.310 e. The Kier molecular flexibility index (Phi) is 4.37. The van der Waals surface area contributed by atoms with Crippen LogP contribution in [0.5, 0.6) is 0 Å². The fraction of sp³-hybridized carbons (Fsp3) is 0.421. The molecule has 1 aliphatic rings. The summed E-state index contributed by atoms with van der Waals surface area (Å²) in [7, 11) is 1.34. The number of esters is 2. The molecule has 0 saturated carbocycles. The van der Waals surface area contributed by atoms with Gasteiger partial charge in [-0.25, -0.2) is 0 Å². The lowest BCUT2D eigenvalue weighted by Gasteiger charge is -2.35. The van der Waals surface area contributed by atoms with E-state index >= 15 is 0 Å². The molecule has 0 amide bonds. The second kappa shape index (κ2) is 6.35. The second-order valence-electron chi connectivity index (χ2n) is 6.67. The Labute approximate surface area is 145 Å². The van der Waals surface area contributed by atoms with Crippen LogP contribution in [0.2, 0.25) is 0 Å². The van der Waals surface area contributed by atoms with Gasteiger partial charge in [-0.15, -0.1) is 0 Å². The summed E-state index contributed by atoms with van der Waals surface area (Å²) in [5, 5.41) is 0.854. The molecule has 3 rings (SSSR count). The maximum atomic E-state index is 12.6. The van der Waals surface area contributed by atoms with Crippen molar-refractivity contribution in [3.8, 4) is 0 Å². The van der Waals surface area contributed by atoms with Gasteiger partial charge in [0, 0.05) is 29.8 Å². The van der Waals surface area contributed by atoms with Gasteiger partial charge >= 0.3 is 11.9 Å². The van der Waals surface area contributed by atoms with E-state index in [1.807, 2.05) is 31.2 Å². The van der Waals surface area contributed by atoms with E-state index in [9.17, 15) is 14.4 Å². The van der Waals surface area contributed by atoms with Gasteiger partial charge in [0.25, 0.3) is 0 Å². The van der Waals surface area contributed by atoms with Gasteiger partial charge in [-0.05, 0) is 18.1 Å². The highest BCUT2D eigenvalue weighted by atomic mass is 16.5. The molecule has 0 aliphatic carbocycles. The monoisotopic (exact) mass is 343 g/mol. The number of para-hydroxylation sites is 1. The van der Waals surface area contributed by atoms with Gasteiger partial charge in [0.2, 0.25) is 5.91 Å². The van der Waals surface area contributed by atoms with Gasteiger partial charge in [-0.2, -0.15) is 0 Å². The Morgan fingerprint density at radius 2 is 2.00 bits per heavy atom. The number of methoxy groups -OCH3 is 1. The van der Waals surface area contributed by atoms with E-state index in [-0.39, 0.29) is 30.9 Å². The molecule has 0 bridgehead atoms. The number of rotatable bonds is 4. The summed E-state index contributed by atoms with van der Waals surface area (Å²) in [5.41, 5.74) is 1.75. The molecule has 2 heterocycles. The first-order chi connectivity index (χ1) is 11.9. The van der Waals surface area contributed by atoms with Crippen LogP contribution in [0.4, 0.5) is 0 Å². The van der Waals surface area contributed by atoms with Crippen LogP contribution in [-0.4, -0.2) is 36.1 Å². The Hall–Kier alpha value is -2.63. The minimum Gasteiger partial charge on any atom is -0.469 e. The van der Waals surface area contributed by atoms with Crippen molar-refractivity contribution >= 4 is 28.7 Å². The smallest absolute Gasteiger partial charge is 0.310 e. The molecule has 6 nitrogen and oxygen atoms in total. The first kappa shape index (κ1) is 17.2. The highest BCUT2D eigenvalue weighted by molar-refractivity contribution is 5.99. The number of aromatic nitrogens is 1.